The van der Waals surface area contributed by atoms with Crippen LogP contribution in [0.15, 0.2) is 54.6 Å². The van der Waals surface area contributed by atoms with E-state index < -0.39 is 9.85 Å². The summed E-state index contributed by atoms with van der Waals surface area (Å²) in [5, 5.41) is 26.1. The number of allylic oxidation sites excluding steroid dienone is 2. The van der Waals surface area contributed by atoms with E-state index in [2.05, 4.69) is 11.4 Å². The molecule has 0 aromatic heterocycles. The number of rotatable bonds is 3. The number of benzene rings is 2. The molecule has 0 radical (unpaired) electrons. The van der Waals surface area contributed by atoms with Gasteiger partial charge in [0.1, 0.15) is 5.69 Å². The van der Waals surface area contributed by atoms with Crippen LogP contribution in [0.1, 0.15) is 29.5 Å². The van der Waals surface area contributed by atoms with Crippen LogP contribution in [0, 0.1) is 26.1 Å². The van der Waals surface area contributed by atoms with Gasteiger partial charge in [0.25, 0.3) is 11.4 Å². The van der Waals surface area contributed by atoms with Crippen molar-refractivity contribution in [2.75, 3.05) is 5.32 Å². The van der Waals surface area contributed by atoms with Crippen LogP contribution in [-0.4, -0.2) is 9.85 Å². The molecule has 4 rings (SSSR count). The topological polar surface area (TPSA) is 98.3 Å². The summed E-state index contributed by atoms with van der Waals surface area (Å²) >= 11 is 0. The van der Waals surface area contributed by atoms with Gasteiger partial charge in [0, 0.05) is 18.1 Å². The molecular formula is C18H15N3O4. The number of hydrogen-bond donors (Lipinski definition) is 1. The molecule has 0 fully saturated rings. The van der Waals surface area contributed by atoms with Crippen LogP contribution in [0.5, 0.6) is 0 Å². The largest absolute Gasteiger partial charge is 0.372 e. The molecule has 1 heterocycles. The molecule has 1 aliphatic carbocycles. The number of nitrogens with one attached hydrogen (secondary N) is 1. The van der Waals surface area contributed by atoms with Crippen molar-refractivity contribution in [2.24, 2.45) is 5.92 Å². The number of para-hydroxylation sites is 2. The zero-order valence-corrected chi connectivity index (χ0v) is 13.2. The van der Waals surface area contributed by atoms with Gasteiger partial charge in [-0.15, -0.1) is 0 Å². The summed E-state index contributed by atoms with van der Waals surface area (Å²) in [7, 11) is 0. The van der Waals surface area contributed by atoms with Gasteiger partial charge in [0.05, 0.1) is 21.5 Å². The molecule has 0 saturated heterocycles. The monoisotopic (exact) mass is 337 g/mol. The molecule has 2 aromatic carbocycles. The minimum Gasteiger partial charge on any atom is -0.372 e. The predicted octanol–water partition coefficient (Wildman–Crippen LogP) is 4.33. The molecule has 2 aliphatic rings. The van der Waals surface area contributed by atoms with E-state index in [0.29, 0.717) is 11.3 Å². The number of hydrogen-bond acceptors (Lipinski definition) is 5. The molecule has 0 saturated carbocycles. The SMILES string of the molecule is O=[N+]([O-])c1ccccc1C1Nc2c(cccc2[N+](=O)[O-])C2C=CCC21. The normalized spacial score (nSPS) is 23.4. The van der Waals surface area contributed by atoms with Crippen molar-refractivity contribution in [3.8, 4) is 0 Å². The summed E-state index contributed by atoms with van der Waals surface area (Å²) in [6.07, 6.45) is 4.87. The van der Waals surface area contributed by atoms with Gasteiger partial charge in [-0.2, -0.15) is 0 Å². The number of nitro benzene ring substituents is 2. The molecule has 2 aromatic rings. The lowest BCUT2D eigenvalue weighted by Gasteiger charge is -2.36. The van der Waals surface area contributed by atoms with Crippen LogP contribution in [0.25, 0.3) is 0 Å². The average Bonchev–Trinajstić information content (AvgIpc) is 3.10. The van der Waals surface area contributed by atoms with Crippen LogP contribution >= 0.6 is 0 Å². The average molecular weight is 337 g/mol. The maximum Gasteiger partial charge on any atom is 0.292 e. The van der Waals surface area contributed by atoms with Gasteiger partial charge in [-0.3, -0.25) is 20.2 Å². The van der Waals surface area contributed by atoms with Crippen LogP contribution in [-0.2, 0) is 0 Å². The van der Waals surface area contributed by atoms with E-state index in [-0.39, 0.29) is 29.3 Å². The van der Waals surface area contributed by atoms with Gasteiger partial charge < -0.3 is 5.32 Å². The lowest BCUT2D eigenvalue weighted by molar-refractivity contribution is -0.386. The molecule has 3 unspecified atom stereocenters. The van der Waals surface area contributed by atoms with Gasteiger partial charge in [0.2, 0.25) is 0 Å². The Bertz CT molecular complexity index is 909. The maximum atomic E-state index is 11.4. The first-order chi connectivity index (χ1) is 12.1. The van der Waals surface area contributed by atoms with E-state index in [0.717, 1.165) is 12.0 Å². The summed E-state index contributed by atoms with van der Waals surface area (Å²) in [6.45, 7) is 0. The summed E-state index contributed by atoms with van der Waals surface area (Å²) < 4.78 is 0. The fraction of sp³-hybridized carbons (Fsp3) is 0.222. The Kier molecular flexibility index (Phi) is 3.49. The zero-order valence-electron chi connectivity index (χ0n) is 13.2. The third kappa shape index (κ3) is 2.36. The van der Waals surface area contributed by atoms with Gasteiger partial charge >= 0.3 is 0 Å². The van der Waals surface area contributed by atoms with Gasteiger partial charge in [-0.25, -0.2) is 0 Å². The van der Waals surface area contributed by atoms with Crippen molar-refractivity contribution in [2.45, 2.75) is 18.4 Å². The summed E-state index contributed by atoms with van der Waals surface area (Å²) in [4.78, 5) is 22.0. The van der Waals surface area contributed by atoms with Crippen molar-refractivity contribution >= 4 is 17.1 Å². The van der Waals surface area contributed by atoms with Crippen LogP contribution in [0.3, 0.4) is 0 Å². The highest BCUT2D eigenvalue weighted by Gasteiger charge is 2.42. The van der Waals surface area contributed by atoms with Crippen molar-refractivity contribution in [3.05, 3.63) is 86.0 Å². The first-order valence-corrected chi connectivity index (χ1v) is 8.01. The predicted molar refractivity (Wildman–Crippen MR) is 92.5 cm³/mol. The first-order valence-electron chi connectivity index (χ1n) is 8.01. The quantitative estimate of drug-likeness (QED) is 0.510. The highest BCUT2D eigenvalue weighted by molar-refractivity contribution is 5.71. The molecule has 126 valence electrons. The Morgan fingerprint density at radius 2 is 1.60 bits per heavy atom. The van der Waals surface area contributed by atoms with Crippen molar-refractivity contribution in [1.82, 2.24) is 0 Å². The zero-order chi connectivity index (χ0) is 17.6. The Hall–Kier alpha value is -3.22. The molecule has 7 nitrogen and oxygen atoms in total. The molecule has 1 N–H and O–H groups in total. The minimum atomic E-state index is -0.415. The molecule has 1 aliphatic heterocycles. The third-order valence-electron chi connectivity index (χ3n) is 5.04. The van der Waals surface area contributed by atoms with Crippen molar-refractivity contribution in [3.63, 3.8) is 0 Å². The second kappa shape index (κ2) is 5.70. The highest BCUT2D eigenvalue weighted by atomic mass is 16.6. The van der Waals surface area contributed by atoms with E-state index in [9.17, 15) is 20.2 Å². The number of nitro groups is 2. The number of nitrogens with zero attached hydrogens (tertiary/aromatic N) is 2. The first kappa shape index (κ1) is 15.3. The van der Waals surface area contributed by atoms with Gasteiger partial charge in [-0.1, -0.05) is 42.5 Å². The van der Waals surface area contributed by atoms with Crippen molar-refractivity contribution in [1.29, 1.82) is 0 Å². The second-order valence-corrected chi connectivity index (χ2v) is 6.29. The highest BCUT2D eigenvalue weighted by Crippen LogP contribution is 2.52. The fourth-order valence-electron chi connectivity index (χ4n) is 3.98. The number of anilines is 1. The summed E-state index contributed by atoms with van der Waals surface area (Å²) in [5.41, 5.74) is 1.94. The number of fused-ring (bicyclic) bond motifs is 3. The molecule has 25 heavy (non-hydrogen) atoms. The van der Waals surface area contributed by atoms with Crippen LogP contribution < -0.4 is 5.32 Å². The molecular weight excluding hydrogens is 322 g/mol. The van der Waals surface area contributed by atoms with E-state index >= 15 is 0 Å². The lowest BCUT2D eigenvalue weighted by atomic mass is 9.76. The smallest absolute Gasteiger partial charge is 0.292 e. The Labute approximate surface area is 143 Å². The molecule has 0 bridgehead atoms. The van der Waals surface area contributed by atoms with E-state index in [1.165, 1.54) is 12.1 Å². The Morgan fingerprint density at radius 1 is 0.920 bits per heavy atom. The fourth-order valence-corrected chi connectivity index (χ4v) is 3.98. The van der Waals surface area contributed by atoms with Crippen molar-refractivity contribution < 1.29 is 9.85 Å². The molecule has 7 heteroatoms. The Morgan fingerprint density at radius 3 is 2.36 bits per heavy atom. The van der Waals surface area contributed by atoms with Crippen LogP contribution in [0.2, 0.25) is 0 Å². The summed E-state index contributed by atoms with van der Waals surface area (Å²) in [5.74, 6) is 0.108. The van der Waals surface area contributed by atoms with Gasteiger partial charge in [0.15, 0.2) is 0 Å². The van der Waals surface area contributed by atoms with Crippen LogP contribution in [0.4, 0.5) is 17.1 Å². The second-order valence-electron chi connectivity index (χ2n) is 6.29. The van der Waals surface area contributed by atoms with E-state index in [4.69, 9.17) is 0 Å². The van der Waals surface area contributed by atoms with Gasteiger partial charge in [-0.05, 0) is 17.9 Å². The van der Waals surface area contributed by atoms with E-state index in [1.807, 2.05) is 12.1 Å². The molecule has 0 amide bonds. The lowest BCUT2D eigenvalue weighted by Crippen LogP contribution is -2.30. The summed E-state index contributed by atoms with van der Waals surface area (Å²) in [6, 6.07) is 11.3. The maximum absolute atomic E-state index is 11.4. The molecule has 0 spiro atoms. The Balaban J connectivity index is 1.88. The van der Waals surface area contributed by atoms with E-state index in [1.54, 1.807) is 24.3 Å². The molecule has 3 atom stereocenters. The minimum absolute atomic E-state index is 0.000154. The standard InChI is InChI=1S/C18H15N3O4/c22-20(23)15-9-2-1-5-14(15)17-12-7-3-6-11(12)13-8-4-10-16(21(24)25)18(13)19-17/h1-6,8-12,17,19H,7H2. The third-order valence-corrected chi connectivity index (χ3v) is 5.04.